The summed E-state index contributed by atoms with van der Waals surface area (Å²) < 4.78 is 44.6. The number of halogens is 2. The van der Waals surface area contributed by atoms with E-state index >= 15 is 0 Å². The zero-order valence-electron chi connectivity index (χ0n) is 19.4. The van der Waals surface area contributed by atoms with Gasteiger partial charge in [-0.3, -0.25) is 14.6 Å². The van der Waals surface area contributed by atoms with Crippen LogP contribution in [-0.4, -0.2) is 77.6 Å². The van der Waals surface area contributed by atoms with Crippen molar-refractivity contribution in [2.75, 3.05) is 37.7 Å². The molecule has 0 amide bonds. The molecular weight excluding hydrogens is 499 g/mol. The monoisotopic (exact) mass is 524 g/mol. The van der Waals surface area contributed by atoms with Crippen LogP contribution in [-0.2, 0) is 25.9 Å². The van der Waals surface area contributed by atoms with Crippen molar-refractivity contribution >= 4 is 33.2 Å². The lowest BCUT2D eigenvalue weighted by molar-refractivity contribution is -0.139. The first-order chi connectivity index (χ1) is 16.7. The van der Waals surface area contributed by atoms with E-state index in [0.29, 0.717) is 42.6 Å². The molecule has 188 valence electrons. The van der Waals surface area contributed by atoms with Gasteiger partial charge in [0.25, 0.3) is 0 Å². The number of hydrogen-bond acceptors (Lipinski definition) is 9. The highest BCUT2D eigenvalue weighted by Crippen LogP contribution is 2.36. The molecule has 35 heavy (non-hydrogen) atoms. The number of rotatable bonds is 7. The van der Waals surface area contributed by atoms with E-state index in [-0.39, 0.29) is 35.3 Å². The van der Waals surface area contributed by atoms with Crippen LogP contribution in [0.1, 0.15) is 31.3 Å². The molecule has 1 atom stereocenters. The third-order valence-electron chi connectivity index (χ3n) is 5.77. The summed E-state index contributed by atoms with van der Waals surface area (Å²) in [6.07, 6.45) is 1.57. The van der Waals surface area contributed by atoms with Crippen LogP contribution < -0.4 is 5.32 Å². The smallest absolute Gasteiger partial charge is 0.338 e. The Morgan fingerprint density at radius 3 is 2.66 bits per heavy atom. The van der Waals surface area contributed by atoms with Crippen LogP contribution in [0.25, 0.3) is 0 Å². The maximum absolute atomic E-state index is 13.8. The molecule has 1 aromatic heterocycles. The topological polar surface area (TPSA) is 119 Å². The highest BCUT2D eigenvalue weighted by atomic mass is 35.5. The van der Waals surface area contributed by atoms with Gasteiger partial charge < -0.3 is 10.1 Å². The molecule has 0 spiro atoms. The number of ether oxygens (including phenoxy) is 1. The second kappa shape index (κ2) is 10.4. The zero-order chi connectivity index (χ0) is 25.2. The van der Waals surface area contributed by atoms with E-state index in [1.54, 1.807) is 17.9 Å². The SMILES string of the molecule is CCOC(=O)C1=C(CN2CCS(=O)(=O)CC2)NC(c2ncn(CC)n2)=NC1c1ccc(F)cc1Cl. The van der Waals surface area contributed by atoms with Crippen LogP contribution >= 0.6 is 11.6 Å². The van der Waals surface area contributed by atoms with E-state index in [0.717, 1.165) is 6.07 Å². The number of hydrogen-bond donors (Lipinski definition) is 1. The minimum atomic E-state index is -3.08. The van der Waals surface area contributed by atoms with Crippen LogP contribution in [0.15, 0.2) is 40.8 Å². The van der Waals surface area contributed by atoms with Crippen molar-refractivity contribution in [3.63, 3.8) is 0 Å². The molecule has 2 aromatic rings. The molecule has 0 radical (unpaired) electrons. The number of nitrogens with zero attached hydrogens (tertiary/aromatic N) is 5. The lowest BCUT2D eigenvalue weighted by atomic mass is 9.95. The normalized spacial score (nSPS) is 20.3. The Kier molecular flexibility index (Phi) is 7.53. The van der Waals surface area contributed by atoms with Gasteiger partial charge in [-0.15, -0.1) is 5.10 Å². The molecule has 0 saturated carbocycles. The quantitative estimate of drug-likeness (QED) is 0.544. The standard InChI is InChI=1S/C22H26ClFN6O4S/c1-3-30-13-25-20(28-30)21-26-17(12-29-7-9-35(32,33)10-8-29)18(22(31)34-4-2)19(27-21)15-6-5-14(24)11-16(15)23/h5-6,11,13,19H,3-4,7-10,12H2,1-2H3,(H,26,27). The molecule has 13 heteroatoms. The number of aliphatic imine (C=N–C) groups is 1. The second-order valence-corrected chi connectivity index (χ2v) is 10.8. The number of nitrogens with one attached hydrogen (secondary N) is 1. The predicted octanol–water partition coefficient (Wildman–Crippen LogP) is 1.73. The number of benzene rings is 1. The summed E-state index contributed by atoms with van der Waals surface area (Å²) in [6, 6.07) is 2.99. The maximum Gasteiger partial charge on any atom is 0.338 e. The fourth-order valence-corrected chi connectivity index (χ4v) is 5.47. The number of carbonyl (C=O) groups excluding carboxylic acids is 1. The average Bonchev–Trinajstić information content (AvgIpc) is 3.30. The van der Waals surface area contributed by atoms with E-state index in [4.69, 9.17) is 21.3 Å². The Bertz CT molecular complexity index is 1280. The largest absolute Gasteiger partial charge is 0.463 e. The van der Waals surface area contributed by atoms with Crippen LogP contribution in [0.5, 0.6) is 0 Å². The molecule has 4 rings (SSSR count). The Labute approximate surface area is 207 Å². The summed E-state index contributed by atoms with van der Waals surface area (Å²) in [5.74, 6) is -0.416. The van der Waals surface area contributed by atoms with Gasteiger partial charge in [-0.05, 0) is 26.0 Å². The Morgan fingerprint density at radius 1 is 1.29 bits per heavy atom. The maximum atomic E-state index is 13.8. The Balaban J connectivity index is 1.80. The molecule has 0 aliphatic carbocycles. The molecule has 1 fully saturated rings. The number of amidine groups is 1. The molecule has 1 N–H and O–H groups in total. The first-order valence-corrected chi connectivity index (χ1v) is 13.4. The van der Waals surface area contributed by atoms with Gasteiger partial charge in [0.2, 0.25) is 5.82 Å². The number of sulfone groups is 1. The molecule has 0 bridgehead atoms. The first kappa shape index (κ1) is 25.3. The summed E-state index contributed by atoms with van der Waals surface area (Å²) in [7, 11) is -3.08. The van der Waals surface area contributed by atoms with Crippen molar-refractivity contribution in [3.05, 3.63) is 58.0 Å². The Morgan fingerprint density at radius 2 is 2.03 bits per heavy atom. The van der Waals surface area contributed by atoms with Crippen molar-refractivity contribution < 1.29 is 22.3 Å². The van der Waals surface area contributed by atoms with Crippen molar-refractivity contribution in [2.24, 2.45) is 4.99 Å². The van der Waals surface area contributed by atoms with Gasteiger partial charge in [0.05, 0.1) is 23.7 Å². The molecule has 2 aliphatic heterocycles. The van der Waals surface area contributed by atoms with Gasteiger partial charge in [-0.2, -0.15) is 0 Å². The number of carbonyl (C=O) groups is 1. The Hall–Kier alpha value is -2.83. The van der Waals surface area contributed by atoms with Crippen molar-refractivity contribution in [1.29, 1.82) is 0 Å². The second-order valence-electron chi connectivity index (χ2n) is 8.14. The predicted molar refractivity (Wildman–Crippen MR) is 128 cm³/mol. The fraction of sp³-hybridized carbons (Fsp3) is 0.455. The van der Waals surface area contributed by atoms with Gasteiger partial charge in [0, 0.05) is 42.5 Å². The number of aromatic nitrogens is 3. The lowest BCUT2D eigenvalue weighted by Crippen LogP contribution is -2.45. The number of aryl methyl sites for hydroxylation is 1. The minimum absolute atomic E-state index is 0.0334. The first-order valence-electron chi connectivity index (χ1n) is 11.2. The number of esters is 1. The van der Waals surface area contributed by atoms with Crippen molar-refractivity contribution in [1.82, 2.24) is 25.0 Å². The summed E-state index contributed by atoms with van der Waals surface area (Å²) >= 11 is 6.38. The molecular formula is C22H26ClFN6O4S. The highest BCUT2D eigenvalue weighted by molar-refractivity contribution is 7.91. The molecule has 2 aliphatic rings. The van der Waals surface area contributed by atoms with E-state index in [9.17, 15) is 17.6 Å². The van der Waals surface area contributed by atoms with Crippen LogP contribution in [0, 0.1) is 5.82 Å². The summed E-state index contributed by atoms with van der Waals surface area (Å²) in [5, 5.41) is 7.70. The highest BCUT2D eigenvalue weighted by Gasteiger charge is 2.35. The van der Waals surface area contributed by atoms with E-state index < -0.39 is 27.7 Å². The van der Waals surface area contributed by atoms with Gasteiger partial charge >= 0.3 is 5.97 Å². The molecule has 3 heterocycles. The van der Waals surface area contributed by atoms with Gasteiger partial charge in [0.1, 0.15) is 18.2 Å². The van der Waals surface area contributed by atoms with Crippen molar-refractivity contribution in [2.45, 2.75) is 26.4 Å². The lowest BCUT2D eigenvalue weighted by Gasteiger charge is -2.32. The molecule has 10 nitrogen and oxygen atoms in total. The molecule has 1 saturated heterocycles. The van der Waals surface area contributed by atoms with Crippen LogP contribution in [0.2, 0.25) is 5.02 Å². The fourth-order valence-electron chi connectivity index (χ4n) is 3.92. The minimum Gasteiger partial charge on any atom is -0.463 e. The van der Waals surface area contributed by atoms with Gasteiger partial charge in [-0.1, -0.05) is 17.7 Å². The summed E-state index contributed by atoms with van der Waals surface area (Å²) in [4.78, 5) is 24.1. The van der Waals surface area contributed by atoms with E-state index in [1.807, 2.05) is 11.8 Å². The molecule has 1 unspecified atom stereocenters. The van der Waals surface area contributed by atoms with E-state index in [2.05, 4.69) is 15.4 Å². The van der Waals surface area contributed by atoms with Gasteiger partial charge in [-0.25, -0.2) is 22.6 Å². The summed E-state index contributed by atoms with van der Waals surface area (Å²) in [5.41, 5.74) is 1.11. The molecule has 1 aromatic carbocycles. The summed E-state index contributed by atoms with van der Waals surface area (Å²) in [6.45, 7) is 5.24. The zero-order valence-corrected chi connectivity index (χ0v) is 20.9. The van der Waals surface area contributed by atoms with Crippen LogP contribution in [0.4, 0.5) is 4.39 Å². The van der Waals surface area contributed by atoms with Gasteiger partial charge in [0.15, 0.2) is 15.7 Å². The van der Waals surface area contributed by atoms with E-state index in [1.165, 1.54) is 12.1 Å². The third-order valence-corrected chi connectivity index (χ3v) is 7.71. The average molecular weight is 525 g/mol. The third kappa shape index (κ3) is 5.71. The van der Waals surface area contributed by atoms with Crippen molar-refractivity contribution in [3.8, 4) is 0 Å². The van der Waals surface area contributed by atoms with Crippen LogP contribution in [0.3, 0.4) is 0 Å².